The average Bonchev–Trinajstić information content (AvgIpc) is 3.27. The summed E-state index contributed by atoms with van der Waals surface area (Å²) in [6.07, 6.45) is 0. The van der Waals surface area contributed by atoms with Gasteiger partial charge in [0.25, 0.3) is 5.91 Å². The van der Waals surface area contributed by atoms with E-state index in [4.69, 9.17) is 9.26 Å². The Morgan fingerprint density at radius 3 is 2.66 bits per heavy atom. The van der Waals surface area contributed by atoms with Crippen LogP contribution in [0.5, 0.6) is 5.75 Å². The fourth-order valence-corrected chi connectivity index (χ4v) is 2.88. The predicted octanol–water partition coefficient (Wildman–Crippen LogP) is 4.31. The maximum absolute atomic E-state index is 12.2. The summed E-state index contributed by atoms with van der Waals surface area (Å²) >= 11 is 0. The summed E-state index contributed by atoms with van der Waals surface area (Å²) in [4.78, 5) is 12.2. The normalized spacial score (nSPS) is 10.2. The van der Waals surface area contributed by atoms with Crippen LogP contribution in [0.1, 0.15) is 10.5 Å². The van der Waals surface area contributed by atoms with E-state index in [1.54, 1.807) is 6.07 Å². The first-order valence-electron chi connectivity index (χ1n) is 9.18. The van der Waals surface area contributed by atoms with Crippen molar-refractivity contribution in [3.8, 4) is 28.9 Å². The molecule has 1 N–H and O–H groups in total. The van der Waals surface area contributed by atoms with E-state index in [1.165, 1.54) is 0 Å². The minimum absolute atomic E-state index is 0.200. The van der Waals surface area contributed by atoms with E-state index in [1.807, 2.05) is 72.8 Å². The Morgan fingerprint density at radius 2 is 1.76 bits per heavy atom. The van der Waals surface area contributed by atoms with E-state index in [0.29, 0.717) is 5.76 Å². The van der Waals surface area contributed by atoms with Gasteiger partial charge in [-0.15, -0.1) is 0 Å². The Balaban J connectivity index is 1.28. The number of ether oxygens (including phenoxy) is 1. The fourth-order valence-electron chi connectivity index (χ4n) is 2.88. The first-order chi connectivity index (χ1) is 14.3. The van der Waals surface area contributed by atoms with Crippen molar-refractivity contribution < 1.29 is 14.1 Å². The third kappa shape index (κ3) is 4.45. The largest absolute Gasteiger partial charge is 0.480 e. The Labute approximate surface area is 168 Å². The topological polar surface area (TPSA) is 64.4 Å². The van der Waals surface area contributed by atoms with Gasteiger partial charge in [-0.2, -0.15) is 0 Å². The summed E-state index contributed by atoms with van der Waals surface area (Å²) in [6.45, 7) is 0.442. The number of hydrogen-bond donors (Lipinski definition) is 1. The molecule has 0 aliphatic carbocycles. The molecule has 0 aliphatic heterocycles. The van der Waals surface area contributed by atoms with Gasteiger partial charge in [0.05, 0.1) is 6.54 Å². The van der Waals surface area contributed by atoms with Gasteiger partial charge in [-0.1, -0.05) is 83.7 Å². The van der Waals surface area contributed by atoms with Crippen molar-refractivity contribution in [1.29, 1.82) is 0 Å². The number of fused-ring (bicyclic) bond motifs is 1. The number of carbonyl (C=O) groups excluding carboxylic acids is 1. The van der Waals surface area contributed by atoms with Crippen LogP contribution >= 0.6 is 0 Å². The van der Waals surface area contributed by atoms with Gasteiger partial charge in [0, 0.05) is 17.0 Å². The molecule has 4 rings (SSSR count). The van der Waals surface area contributed by atoms with E-state index in [2.05, 4.69) is 22.3 Å². The number of benzene rings is 3. The summed E-state index contributed by atoms with van der Waals surface area (Å²) in [5.41, 5.74) is 1.09. The number of rotatable bonds is 5. The zero-order valence-electron chi connectivity index (χ0n) is 15.6. The van der Waals surface area contributed by atoms with E-state index in [-0.39, 0.29) is 24.8 Å². The molecule has 0 fully saturated rings. The number of carbonyl (C=O) groups is 1. The van der Waals surface area contributed by atoms with Crippen molar-refractivity contribution in [2.75, 3.05) is 13.2 Å². The molecule has 1 amide bonds. The smallest absolute Gasteiger partial charge is 0.274 e. The van der Waals surface area contributed by atoms with Crippen LogP contribution in [0, 0.1) is 11.8 Å². The van der Waals surface area contributed by atoms with Gasteiger partial charge in [-0.05, 0) is 11.5 Å². The third-order valence-electron chi connectivity index (χ3n) is 4.31. The number of nitrogens with one attached hydrogen (secondary N) is 1. The molecule has 0 radical (unpaired) electrons. The van der Waals surface area contributed by atoms with Crippen molar-refractivity contribution in [2.45, 2.75) is 0 Å². The molecule has 5 heteroatoms. The highest BCUT2D eigenvalue weighted by molar-refractivity contribution is 5.93. The van der Waals surface area contributed by atoms with Gasteiger partial charge in [0.15, 0.2) is 11.5 Å². The molecule has 0 spiro atoms. The van der Waals surface area contributed by atoms with Crippen LogP contribution in [0.25, 0.3) is 22.1 Å². The SMILES string of the molecule is O=C(NCC#CCOc1cccc2ccccc12)c1cc(-c2ccccc2)on1. The highest BCUT2D eigenvalue weighted by Gasteiger charge is 2.12. The van der Waals surface area contributed by atoms with Crippen LogP contribution in [-0.4, -0.2) is 24.2 Å². The first kappa shape index (κ1) is 18.3. The fraction of sp³-hybridized carbons (Fsp3) is 0.0833. The molecule has 1 heterocycles. The maximum atomic E-state index is 12.2. The minimum Gasteiger partial charge on any atom is -0.480 e. The van der Waals surface area contributed by atoms with Gasteiger partial charge >= 0.3 is 0 Å². The van der Waals surface area contributed by atoms with Crippen molar-refractivity contribution in [2.24, 2.45) is 0 Å². The number of amides is 1. The molecule has 3 aromatic carbocycles. The molecule has 29 heavy (non-hydrogen) atoms. The zero-order chi connectivity index (χ0) is 19.9. The lowest BCUT2D eigenvalue weighted by atomic mass is 10.1. The van der Waals surface area contributed by atoms with Gasteiger partial charge in [-0.3, -0.25) is 4.79 Å². The lowest BCUT2D eigenvalue weighted by Gasteiger charge is -2.06. The third-order valence-corrected chi connectivity index (χ3v) is 4.31. The van der Waals surface area contributed by atoms with Crippen LogP contribution in [0.3, 0.4) is 0 Å². The second kappa shape index (κ2) is 8.77. The number of aromatic nitrogens is 1. The molecule has 0 aliphatic rings. The second-order valence-electron chi connectivity index (χ2n) is 6.24. The van der Waals surface area contributed by atoms with Crippen molar-refractivity contribution in [3.05, 3.63) is 84.6 Å². The van der Waals surface area contributed by atoms with Crippen LogP contribution < -0.4 is 10.1 Å². The molecule has 4 aromatic rings. The highest BCUT2D eigenvalue weighted by atomic mass is 16.5. The summed E-state index contributed by atoms with van der Waals surface area (Å²) in [7, 11) is 0. The van der Waals surface area contributed by atoms with Crippen molar-refractivity contribution in [3.63, 3.8) is 0 Å². The molecular weight excluding hydrogens is 364 g/mol. The molecular formula is C24H18N2O3. The quantitative estimate of drug-likeness (QED) is 0.523. The van der Waals surface area contributed by atoms with Crippen LogP contribution in [0.2, 0.25) is 0 Å². The Morgan fingerprint density at radius 1 is 0.966 bits per heavy atom. The van der Waals surface area contributed by atoms with E-state index < -0.39 is 0 Å². The van der Waals surface area contributed by atoms with Gasteiger partial charge < -0.3 is 14.6 Å². The average molecular weight is 382 g/mol. The maximum Gasteiger partial charge on any atom is 0.274 e. The molecule has 0 atom stereocenters. The standard InChI is InChI=1S/C24H18N2O3/c27-24(21-17-23(29-26-21)19-10-2-1-3-11-19)25-15-6-7-16-28-22-14-8-12-18-9-4-5-13-20(18)22/h1-5,8-14,17H,15-16H2,(H,25,27). The van der Waals surface area contributed by atoms with E-state index in [9.17, 15) is 4.79 Å². The summed E-state index contributed by atoms with van der Waals surface area (Å²) in [6, 6.07) is 25.0. The molecule has 0 saturated heterocycles. The summed E-state index contributed by atoms with van der Waals surface area (Å²) in [5, 5.41) is 8.68. The van der Waals surface area contributed by atoms with Gasteiger partial charge in [-0.25, -0.2) is 0 Å². The minimum atomic E-state index is -0.333. The van der Waals surface area contributed by atoms with Crippen LogP contribution in [0.4, 0.5) is 0 Å². The monoisotopic (exact) mass is 382 g/mol. The van der Waals surface area contributed by atoms with E-state index >= 15 is 0 Å². The highest BCUT2D eigenvalue weighted by Crippen LogP contribution is 2.24. The lowest BCUT2D eigenvalue weighted by Crippen LogP contribution is -2.23. The molecule has 0 saturated carbocycles. The van der Waals surface area contributed by atoms with Gasteiger partial charge in [0.1, 0.15) is 12.4 Å². The molecule has 142 valence electrons. The second-order valence-corrected chi connectivity index (χ2v) is 6.24. The summed E-state index contributed by atoms with van der Waals surface area (Å²) < 4.78 is 11.0. The van der Waals surface area contributed by atoms with Crippen molar-refractivity contribution >= 4 is 16.7 Å². The number of hydrogen-bond acceptors (Lipinski definition) is 4. The Hall–Kier alpha value is -4.04. The van der Waals surface area contributed by atoms with Crippen molar-refractivity contribution in [1.82, 2.24) is 10.5 Å². The van der Waals surface area contributed by atoms with E-state index in [0.717, 1.165) is 22.1 Å². The lowest BCUT2D eigenvalue weighted by molar-refractivity contribution is 0.0949. The van der Waals surface area contributed by atoms with Gasteiger partial charge in [0.2, 0.25) is 0 Å². The Kier molecular flexibility index (Phi) is 5.54. The molecule has 0 bridgehead atoms. The van der Waals surface area contributed by atoms with Crippen LogP contribution in [0.15, 0.2) is 83.4 Å². The predicted molar refractivity (Wildman–Crippen MR) is 111 cm³/mol. The first-order valence-corrected chi connectivity index (χ1v) is 9.18. The summed E-state index contributed by atoms with van der Waals surface area (Å²) in [5.74, 6) is 6.79. The number of nitrogens with zero attached hydrogens (tertiary/aromatic N) is 1. The molecule has 5 nitrogen and oxygen atoms in total. The molecule has 1 aromatic heterocycles. The zero-order valence-corrected chi connectivity index (χ0v) is 15.6. The Bertz CT molecular complexity index is 1180. The van der Waals surface area contributed by atoms with Crippen LogP contribution in [-0.2, 0) is 0 Å². The molecule has 0 unspecified atom stereocenters.